The van der Waals surface area contributed by atoms with Crippen molar-refractivity contribution in [1.82, 2.24) is 4.90 Å². The first-order valence-electron chi connectivity index (χ1n) is 10.4. The summed E-state index contributed by atoms with van der Waals surface area (Å²) in [4.78, 5) is 26.4. The van der Waals surface area contributed by atoms with E-state index in [4.69, 9.17) is 9.47 Å². The van der Waals surface area contributed by atoms with Gasteiger partial charge in [-0.1, -0.05) is 0 Å². The van der Waals surface area contributed by atoms with Crippen LogP contribution in [0.4, 0.5) is 10.5 Å². The lowest BCUT2D eigenvalue weighted by Gasteiger charge is -2.32. The Labute approximate surface area is 167 Å². The molecule has 0 aromatic heterocycles. The van der Waals surface area contributed by atoms with Gasteiger partial charge in [-0.05, 0) is 83.6 Å². The number of nitrogens with zero attached hydrogens (tertiary/aromatic N) is 1. The predicted molar refractivity (Wildman–Crippen MR) is 108 cm³/mol. The normalized spacial score (nSPS) is 18.8. The third kappa shape index (κ3) is 5.88. The predicted octanol–water partition coefficient (Wildman–Crippen LogP) is 4.59. The summed E-state index contributed by atoms with van der Waals surface area (Å²) in [5.41, 5.74) is 0.275. The zero-order chi connectivity index (χ0) is 20.1. The highest BCUT2D eigenvalue weighted by molar-refractivity contribution is 5.92. The maximum Gasteiger partial charge on any atom is 0.410 e. The van der Waals surface area contributed by atoms with Crippen LogP contribution in [-0.4, -0.2) is 41.7 Å². The van der Waals surface area contributed by atoms with Crippen molar-refractivity contribution in [2.45, 2.75) is 71.0 Å². The minimum atomic E-state index is -0.501. The second kappa shape index (κ2) is 8.84. The number of hydrogen-bond donors (Lipinski definition) is 1. The van der Waals surface area contributed by atoms with Gasteiger partial charge in [-0.25, -0.2) is 4.79 Å². The molecule has 1 aliphatic carbocycles. The number of benzene rings is 1. The Morgan fingerprint density at radius 2 is 1.61 bits per heavy atom. The lowest BCUT2D eigenvalue weighted by atomic mass is 9.96. The molecular formula is C22H32N2O4. The van der Waals surface area contributed by atoms with E-state index in [1.54, 1.807) is 4.90 Å². The van der Waals surface area contributed by atoms with Gasteiger partial charge in [-0.2, -0.15) is 0 Å². The average molecular weight is 389 g/mol. The summed E-state index contributed by atoms with van der Waals surface area (Å²) in [7, 11) is 0. The number of carbonyl (C=O) groups excluding carboxylic acids is 2. The fourth-order valence-electron chi connectivity index (χ4n) is 3.71. The van der Waals surface area contributed by atoms with Crippen LogP contribution in [0.25, 0.3) is 0 Å². The largest absolute Gasteiger partial charge is 0.490 e. The van der Waals surface area contributed by atoms with Gasteiger partial charge in [0.15, 0.2) is 0 Å². The summed E-state index contributed by atoms with van der Waals surface area (Å²) in [6, 6.07) is 7.61. The molecule has 2 fully saturated rings. The molecule has 6 nitrogen and oxygen atoms in total. The van der Waals surface area contributed by atoms with Crippen LogP contribution in [0.5, 0.6) is 5.75 Å². The van der Waals surface area contributed by atoms with Crippen LogP contribution in [0.1, 0.15) is 59.3 Å². The first kappa shape index (κ1) is 20.5. The first-order valence-corrected chi connectivity index (χ1v) is 10.4. The lowest BCUT2D eigenvalue weighted by molar-refractivity contribution is -0.121. The van der Waals surface area contributed by atoms with Gasteiger partial charge in [0.05, 0.1) is 6.10 Å². The maximum absolute atomic E-state index is 12.6. The molecule has 2 amide bonds. The molecule has 0 unspecified atom stereocenters. The molecule has 2 aliphatic rings. The van der Waals surface area contributed by atoms with Gasteiger partial charge in [-0.3, -0.25) is 4.79 Å². The minimum Gasteiger partial charge on any atom is -0.490 e. The molecule has 28 heavy (non-hydrogen) atoms. The number of rotatable bonds is 4. The summed E-state index contributed by atoms with van der Waals surface area (Å²) in [6.07, 6.45) is 6.06. The van der Waals surface area contributed by atoms with Gasteiger partial charge >= 0.3 is 6.09 Å². The van der Waals surface area contributed by atoms with Crippen molar-refractivity contribution in [2.24, 2.45) is 5.92 Å². The third-order valence-corrected chi connectivity index (χ3v) is 5.24. The zero-order valence-corrected chi connectivity index (χ0v) is 17.2. The molecule has 0 spiro atoms. The van der Waals surface area contributed by atoms with E-state index in [2.05, 4.69) is 5.32 Å². The van der Waals surface area contributed by atoms with E-state index in [9.17, 15) is 9.59 Å². The van der Waals surface area contributed by atoms with Gasteiger partial charge in [0.25, 0.3) is 0 Å². The summed E-state index contributed by atoms with van der Waals surface area (Å²) in [5.74, 6) is 0.775. The Morgan fingerprint density at radius 3 is 2.18 bits per heavy atom. The Balaban J connectivity index is 1.44. The number of amides is 2. The summed E-state index contributed by atoms with van der Waals surface area (Å²) in [5, 5.41) is 2.99. The first-order chi connectivity index (χ1) is 13.3. The number of nitrogens with one attached hydrogen (secondary N) is 1. The van der Waals surface area contributed by atoms with Crippen molar-refractivity contribution >= 4 is 17.7 Å². The van der Waals surface area contributed by atoms with Gasteiger partial charge in [-0.15, -0.1) is 0 Å². The highest BCUT2D eigenvalue weighted by Gasteiger charge is 2.30. The Kier molecular flexibility index (Phi) is 6.47. The summed E-state index contributed by atoms with van der Waals surface area (Å²) < 4.78 is 11.4. The second-order valence-corrected chi connectivity index (χ2v) is 8.78. The van der Waals surface area contributed by atoms with E-state index in [-0.39, 0.29) is 17.9 Å². The number of piperidine rings is 1. The maximum atomic E-state index is 12.6. The van der Waals surface area contributed by atoms with Gasteiger partial charge in [0.2, 0.25) is 5.91 Å². The monoisotopic (exact) mass is 388 g/mol. The van der Waals surface area contributed by atoms with Crippen LogP contribution >= 0.6 is 0 Å². The molecule has 1 saturated carbocycles. The molecule has 1 aliphatic heterocycles. The van der Waals surface area contributed by atoms with E-state index in [1.807, 2.05) is 45.0 Å². The number of ether oxygens (including phenoxy) is 2. The number of likely N-dealkylation sites (tertiary alicyclic amines) is 1. The quantitative estimate of drug-likeness (QED) is 0.819. The number of anilines is 1. The smallest absolute Gasteiger partial charge is 0.410 e. The Morgan fingerprint density at radius 1 is 1.00 bits per heavy atom. The molecule has 0 bridgehead atoms. The molecule has 1 saturated heterocycles. The van der Waals surface area contributed by atoms with Crippen molar-refractivity contribution in [1.29, 1.82) is 0 Å². The number of hydrogen-bond acceptors (Lipinski definition) is 4. The lowest BCUT2D eigenvalue weighted by Crippen LogP contribution is -2.43. The van der Waals surface area contributed by atoms with Crippen LogP contribution in [0.15, 0.2) is 24.3 Å². The van der Waals surface area contributed by atoms with Crippen molar-refractivity contribution in [2.75, 3.05) is 18.4 Å². The van der Waals surface area contributed by atoms with Crippen LogP contribution in [0, 0.1) is 5.92 Å². The van der Waals surface area contributed by atoms with Crippen LogP contribution in [0.3, 0.4) is 0 Å². The van der Waals surface area contributed by atoms with E-state index in [0.717, 1.165) is 24.3 Å². The molecule has 154 valence electrons. The molecule has 3 rings (SSSR count). The molecule has 1 N–H and O–H groups in total. The molecular weight excluding hydrogens is 356 g/mol. The molecule has 1 heterocycles. The van der Waals surface area contributed by atoms with Crippen molar-refractivity contribution in [3.05, 3.63) is 24.3 Å². The third-order valence-electron chi connectivity index (χ3n) is 5.24. The fraction of sp³-hybridized carbons (Fsp3) is 0.636. The van der Waals surface area contributed by atoms with Crippen LogP contribution in [-0.2, 0) is 9.53 Å². The summed E-state index contributed by atoms with van der Waals surface area (Å²) in [6.45, 7) is 6.65. The van der Waals surface area contributed by atoms with E-state index in [1.165, 1.54) is 12.8 Å². The average Bonchev–Trinajstić information content (AvgIpc) is 3.15. The fourth-order valence-corrected chi connectivity index (χ4v) is 3.71. The van der Waals surface area contributed by atoms with Crippen molar-refractivity contribution in [3.8, 4) is 5.75 Å². The van der Waals surface area contributed by atoms with E-state index < -0.39 is 5.60 Å². The Bertz CT molecular complexity index is 667. The van der Waals surface area contributed by atoms with Crippen molar-refractivity contribution < 1.29 is 19.1 Å². The molecule has 0 radical (unpaired) electrons. The molecule has 1 aromatic carbocycles. The topological polar surface area (TPSA) is 67.9 Å². The molecule has 0 atom stereocenters. The van der Waals surface area contributed by atoms with Gasteiger partial charge in [0, 0.05) is 24.7 Å². The van der Waals surface area contributed by atoms with E-state index >= 15 is 0 Å². The Hall–Kier alpha value is -2.24. The highest BCUT2D eigenvalue weighted by Crippen LogP contribution is 2.26. The van der Waals surface area contributed by atoms with Gasteiger partial charge in [0.1, 0.15) is 11.4 Å². The highest BCUT2D eigenvalue weighted by atomic mass is 16.6. The van der Waals surface area contributed by atoms with Crippen LogP contribution < -0.4 is 10.1 Å². The standard InChI is InChI=1S/C22H32N2O4/c1-22(2,3)28-21(26)24-14-12-16(13-15-24)20(25)23-17-8-10-19(11-9-17)27-18-6-4-5-7-18/h8-11,16,18H,4-7,12-15H2,1-3H3,(H,23,25). The SMILES string of the molecule is CC(C)(C)OC(=O)N1CCC(C(=O)Nc2ccc(OC3CCCC3)cc2)CC1. The van der Waals surface area contributed by atoms with Gasteiger partial charge < -0.3 is 19.7 Å². The molecule has 1 aromatic rings. The van der Waals surface area contributed by atoms with Crippen LogP contribution in [0.2, 0.25) is 0 Å². The van der Waals surface area contributed by atoms with Crippen molar-refractivity contribution in [3.63, 3.8) is 0 Å². The van der Waals surface area contributed by atoms with E-state index in [0.29, 0.717) is 32.0 Å². The summed E-state index contributed by atoms with van der Waals surface area (Å²) >= 11 is 0. The zero-order valence-electron chi connectivity index (χ0n) is 17.2. The second-order valence-electron chi connectivity index (χ2n) is 8.78. The number of carbonyl (C=O) groups is 2. The minimum absolute atomic E-state index is 0.00769. The molecule has 6 heteroatoms.